The number of carbonyl (C=O) groups is 1. The number of benzene rings is 1. The highest BCUT2D eigenvalue weighted by atomic mass is 35.5. The lowest BCUT2D eigenvalue weighted by Crippen LogP contribution is -2.46. The van der Waals surface area contributed by atoms with E-state index in [1.165, 1.54) is 5.56 Å². The largest absolute Gasteiger partial charge is 0.396 e. The molecule has 2 aliphatic rings. The summed E-state index contributed by atoms with van der Waals surface area (Å²) in [6.45, 7) is 4.40. The van der Waals surface area contributed by atoms with E-state index in [-0.39, 0.29) is 18.4 Å². The fourth-order valence-electron chi connectivity index (χ4n) is 5.21. The molecule has 2 aromatic rings. The highest BCUT2D eigenvalue weighted by Crippen LogP contribution is 2.34. The Balaban J connectivity index is 1.25. The van der Waals surface area contributed by atoms with Crippen molar-refractivity contribution in [3.8, 4) is 0 Å². The Bertz CT molecular complexity index is 891. The third-order valence-electron chi connectivity index (χ3n) is 7.10. The number of piperidine rings is 2. The number of aliphatic hydroxyl groups excluding tert-OH is 1. The van der Waals surface area contributed by atoms with E-state index in [1.807, 2.05) is 36.4 Å². The number of amides is 1. The van der Waals surface area contributed by atoms with Gasteiger partial charge in [0.25, 0.3) is 0 Å². The molecule has 0 bridgehead atoms. The number of hydrogen-bond acceptors (Lipinski definition) is 5. The van der Waals surface area contributed by atoms with E-state index < -0.39 is 0 Å². The van der Waals surface area contributed by atoms with Gasteiger partial charge >= 0.3 is 0 Å². The summed E-state index contributed by atoms with van der Waals surface area (Å²) in [5.41, 5.74) is 8.08. The smallest absolute Gasteiger partial charge is 0.225 e. The lowest BCUT2D eigenvalue weighted by molar-refractivity contribution is -0.138. The Morgan fingerprint density at radius 2 is 1.78 bits per heavy atom. The van der Waals surface area contributed by atoms with Crippen LogP contribution in [0.15, 0.2) is 42.6 Å². The number of aromatic nitrogens is 1. The number of likely N-dealkylation sites (tertiary alicyclic amines) is 2. The van der Waals surface area contributed by atoms with Crippen LogP contribution in [0.4, 0.5) is 5.82 Å². The maximum absolute atomic E-state index is 13.1. The van der Waals surface area contributed by atoms with Crippen LogP contribution in [0, 0.1) is 11.8 Å². The van der Waals surface area contributed by atoms with Crippen LogP contribution in [0.1, 0.15) is 42.7 Å². The Labute approximate surface area is 195 Å². The second-order valence-corrected chi connectivity index (χ2v) is 9.58. The average molecular weight is 457 g/mol. The SMILES string of the molecule is Nc1cc(CN2CCC(C(=O)N3CCC(C(CO)c4ccc(Cl)cc4)CC3)CC2)ccn1. The molecule has 172 valence electrons. The molecule has 6 nitrogen and oxygen atoms in total. The molecule has 2 aliphatic heterocycles. The first-order valence-electron chi connectivity index (χ1n) is 11.6. The molecule has 0 saturated carbocycles. The number of carbonyl (C=O) groups excluding carboxylic acids is 1. The summed E-state index contributed by atoms with van der Waals surface area (Å²) < 4.78 is 0. The van der Waals surface area contributed by atoms with E-state index >= 15 is 0 Å². The Hall–Kier alpha value is -2.15. The van der Waals surface area contributed by atoms with Crippen molar-refractivity contribution in [2.24, 2.45) is 11.8 Å². The van der Waals surface area contributed by atoms with Gasteiger partial charge < -0.3 is 15.7 Å². The van der Waals surface area contributed by atoms with Crippen LogP contribution in [-0.2, 0) is 11.3 Å². The third-order valence-corrected chi connectivity index (χ3v) is 7.36. The number of nitrogens with two attached hydrogens (primary N) is 1. The van der Waals surface area contributed by atoms with Crippen LogP contribution in [0.3, 0.4) is 0 Å². The van der Waals surface area contributed by atoms with Crippen LogP contribution in [0.25, 0.3) is 0 Å². The van der Waals surface area contributed by atoms with Crippen molar-refractivity contribution in [3.05, 3.63) is 58.7 Å². The number of halogens is 1. The second kappa shape index (κ2) is 10.6. The summed E-state index contributed by atoms with van der Waals surface area (Å²) >= 11 is 6.01. The minimum absolute atomic E-state index is 0.106. The van der Waals surface area contributed by atoms with Gasteiger partial charge in [0.1, 0.15) is 5.82 Å². The first-order chi connectivity index (χ1) is 15.5. The highest BCUT2D eigenvalue weighted by Gasteiger charge is 2.33. The van der Waals surface area contributed by atoms with E-state index in [9.17, 15) is 9.90 Å². The number of rotatable bonds is 6. The van der Waals surface area contributed by atoms with Gasteiger partial charge in [0.2, 0.25) is 5.91 Å². The zero-order valence-corrected chi connectivity index (χ0v) is 19.3. The molecule has 1 unspecified atom stereocenters. The number of pyridine rings is 1. The van der Waals surface area contributed by atoms with E-state index in [0.717, 1.165) is 64.0 Å². The molecule has 1 amide bonds. The summed E-state index contributed by atoms with van der Waals surface area (Å²) in [5, 5.41) is 10.7. The summed E-state index contributed by atoms with van der Waals surface area (Å²) in [6.07, 6.45) is 5.43. The van der Waals surface area contributed by atoms with E-state index in [2.05, 4.69) is 14.8 Å². The van der Waals surface area contributed by atoms with Gasteiger partial charge in [-0.1, -0.05) is 23.7 Å². The number of hydrogen-bond donors (Lipinski definition) is 2. The van der Waals surface area contributed by atoms with Gasteiger partial charge in [-0.3, -0.25) is 9.69 Å². The number of aliphatic hydroxyl groups is 1. The second-order valence-electron chi connectivity index (χ2n) is 9.14. The first kappa shape index (κ1) is 23.0. The van der Waals surface area contributed by atoms with Crippen molar-refractivity contribution in [2.75, 3.05) is 38.5 Å². The minimum atomic E-state index is 0.106. The van der Waals surface area contributed by atoms with Crippen LogP contribution >= 0.6 is 11.6 Å². The summed E-state index contributed by atoms with van der Waals surface area (Å²) in [5.74, 6) is 1.48. The Morgan fingerprint density at radius 3 is 2.41 bits per heavy atom. The molecule has 1 atom stereocenters. The van der Waals surface area contributed by atoms with Gasteiger partial charge in [-0.05, 0) is 80.1 Å². The van der Waals surface area contributed by atoms with Crippen LogP contribution < -0.4 is 5.73 Å². The molecule has 1 aromatic carbocycles. The summed E-state index contributed by atoms with van der Waals surface area (Å²) in [6, 6.07) is 11.7. The van der Waals surface area contributed by atoms with Crippen molar-refractivity contribution < 1.29 is 9.90 Å². The molecule has 2 fully saturated rings. The normalized spacial score (nSPS) is 19.8. The van der Waals surface area contributed by atoms with Gasteiger partial charge in [0.05, 0.1) is 6.61 Å². The van der Waals surface area contributed by atoms with Gasteiger partial charge in [-0.25, -0.2) is 4.98 Å². The standard InChI is InChI=1S/C25H33ClN4O2/c26-22-3-1-19(2-4-22)23(17-31)20-8-13-30(14-9-20)25(32)21-6-11-29(12-7-21)16-18-5-10-28-24(27)15-18/h1-5,10,15,20-21,23,31H,6-9,11-14,16-17H2,(H2,27,28). The number of nitrogen functional groups attached to an aromatic ring is 1. The molecule has 0 aliphatic carbocycles. The third kappa shape index (κ3) is 5.61. The maximum Gasteiger partial charge on any atom is 0.225 e. The van der Waals surface area contributed by atoms with Crippen molar-refractivity contribution in [3.63, 3.8) is 0 Å². The van der Waals surface area contributed by atoms with Crippen LogP contribution in [0.5, 0.6) is 0 Å². The molecule has 0 spiro atoms. The van der Waals surface area contributed by atoms with Crippen molar-refractivity contribution in [1.82, 2.24) is 14.8 Å². The predicted molar refractivity (Wildman–Crippen MR) is 127 cm³/mol. The van der Waals surface area contributed by atoms with Gasteiger partial charge in [0, 0.05) is 42.7 Å². The minimum Gasteiger partial charge on any atom is -0.396 e. The fourth-order valence-corrected chi connectivity index (χ4v) is 5.33. The topological polar surface area (TPSA) is 82.7 Å². The molecule has 4 rings (SSSR count). The highest BCUT2D eigenvalue weighted by molar-refractivity contribution is 6.30. The summed E-state index contributed by atoms with van der Waals surface area (Å²) in [7, 11) is 0. The Kier molecular flexibility index (Phi) is 7.66. The molecule has 7 heteroatoms. The number of anilines is 1. The average Bonchev–Trinajstić information content (AvgIpc) is 2.81. The van der Waals surface area contributed by atoms with Crippen molar-refractivity contribution in [1.29, 1.82) is 0 Å². The lowest BCUT2D eigenvalue weighted by atomic mass is 9.80. The molecule has 3 N–H and O–H groups in total. The quantitative estimate of drug-likeness (QED) is 0.694. The zero-order chi connectivity index (χ0) is 22.5. The van der Waals surface area contributed by atoms with Gasteiger partial charge in [-0.2, -0.15) is 0 Å². The molecule has 0 radical (unpaired) electrons. The molecule has 1 aromatic heterocycles. The van der Waals surface area contributed by atoms with E-state index in [4.69, 9.17) is 17.3 Å². The molecular weight excluding hydrogens is 424 g/mol. The van der Waals surface area contributed by atoms with Crippen molar-refractivity contribution in [2.45, 2.75) is 38.1 Å². The molecular formula is C25H33ClN4O2. The summed E-state index contributed by atoms with van der Waals surface area (Å²) in [4.78, 5) is 21.6. The van der Waals surface area contributed by atoms with Crippen molar-refractivity contribution >= 4 is 23.3 Å². The van der Waals surface area contributed by atoms with E-state index in [0.29, 0.717) is 22.7 Å². The molecule has 32 heavy (non-hydrogen) atoms. The predicted octanol–water partition coefficient (Wildman–Crippen LogP) is 3.54. The van der Waals surface area contributed by atoms with Gasteiger partial charge in [0.15, 0.2) is 0 Å². The van der Waals surface area contributed by atoms with Crippen LogP contribution in [-0.4, -0.2) is 58.6 Å². The number of nitrogens with zero attached hydrogens (tertiary/aromatic N) is 3. The maximum atomic E-state index is 13.1. The van der Waals surface area contributed by atoms with Crippen LogP contribution in [0.2, 0.25) is 5.02 Å². The zero-order valence-electron chi connectivity index (χ0n) is 18.5. The molecule has 2 saturated heterocycles. The first-order valence-corrected chi connectivity index (χ1v) is 12.0. The van der Waals surface area contributed by atoms with Gasteiger partial charge in [-0.15, -0.1) is 0 Å². The monoisotopic (exact) mass is 456 g/mol. The van der Waals surface area contributed by atoms with E-state index in [1.54, 1.807) is 6.20 Å². The fraction of sp³-hybridized carbons (Fsp3) is 0.520. The molecule has 3 heterocycles. The Morgan fingerprint density at radius 1 is 1.09 bits per heavy atom. The lowest BCUT2D eigenvalue weighted by Gasteiger charge is -2.39.